The molecule has 0 atom stereocenters. The van der Waals surface area contributed by atoms with Crippen molar-refractivity contribution < 1.29 is 4.79 Å². The van der Waals surface area contributed by atoms with Crippen molar-refractivity contribution in [2.45, 2.75) is 6.42 Å². The first-order chi connectivity index (χ1) is 11.2. The standard InChI is InChI=1S/C15H25N7O/c1-16-15(17-4-7-20-5-3-6-20)21-8-9-22(14(23)12-21)13-10-18-19(2)11-13/h10-11H,3-9,12H2,1-2H3,(H,16,17). The third-order valence-electron chi connectivity index (χ3n) is 4.39. The van der Waals surface area contributed by atoms with Gasteiger partial charge in [-0.1, -0.05) is 0 Å². The Morgan fingerprint density at radius 2 is 2.17 bits per heavy atom. The molecule has 0 aromatic carbocycles. The van der Waals surface area contributed by atoms with Crippen molar-refractivity contribution in [3.05, 3.63) is 12.4 Å². The Morgan fingerprint density at radius 1 is 1.35 bits per heavy atom. The van der Waals surface area contributed by atoms with E-state index in [9.17, 15) is 4.79 Å². The maximum Gasteiger partial charge on any atom is 0.246 e. The van der Waals surface area contributed by atoms with E-state index in [1.807, 2.05) is 18.1 Å². The maximum absolute atomic E-state index is 12.4. The first kappa shape index (κ1) is 15.8. The molecule has 2 aliphatic heterocycles. The van der Waals surface area contributed by atoms with Gasteiger partial charge in [-0.2, -0.15) is 5.10 Å². The van der Waals surface area contributed by atoms with Crippen molar-refractivity contribution in [2.24, 2.45) is 12.0 Å². The van der Waals surface area contributed by atoms with Gasteiger partial charge in [0.2, 0.25) is 5.91 Å². The molecule has 2 saturated heterocycles. The van der Waals surface area contributed by atoms with E-state index in [4.69, 9.17) is 0 Å². The molecule has 1 aromatic heterocycles. The van der Waals surface area contributed by atoms with Gasteiger partial charge in [0, 0.05) is 46.5 Å². The molecule has 126 valence electrons. The summed E-state index contributed by atoms with van der Waals surface area (Å²) in [7, 11) is 3.62. The molecule has 1 amide bonds. The number of hydrogen-bond acceptors (Lipinski definition) is 4. The molecule has 0 spiro atoms. The Kier molecular flexibility index (Phi) is 4.80. The second kappa shape index (κ2) is 6.99. The van der Waals surface area contributed by atoms with Crippen molar-refractivity contribution in [3.63, 3.8) is 0 Å². The zero-order valence-corrected chi connectivity index (χ0v) is 13.9. The summed E-state index contributed by atoms with van der Waals surface area (Å²) in [5.41, 5.74) is 0.859. The molecular weight excluding hydrogens is 294 g/mol. The van der Waals surface area contributed by atoms with Gasteiger partial charge in [-0.25, -0.2) is 0 Å². The molecule has 0 aliphatic carbocycles. The third kappa shape index (κ3) is 3.64. The summed E-state index contributed by atoms with van der Waals surface area (Å²) in [6.07, 6.45) is 4.90. The van der Waals surface area contributed by atoms with Crippen LogP contribution < -0.4 is 10.2 Å². The van der Waals surface area contributed by atoms with E-state index < -0.39 is 0 Å². The van der Waals surface area contributed by atoms with Gasteiger partial charge in [-0.3, -0.25) is 14.5 Å². The van der Waals surface area contributed by atoms with E-state index in [-0.39, 0.29) is 5.91 Å². The summed E-state index contributed by atoms with van der Waals surface area (Å²) in [6.45, 7) is 6.05. The molecule has 3 heterocycles. The lowest BCUT2D eigenvalue weighted by Crippen LogP contribution is -2.56. The van der Waals surface area contributed by atoms with Crippen LogP contribution in [0.3, 0.4) is 0 Å². The van der Waals surface area contributed by atoms with Crippen molar-refractivity contribution in [1.29, 1.82) is 0 Å². The number of nitrogens with one attached hydrogen (secondary N) is 1. The first-order valence-corrected chi connectivity index (χ1v) is 8.14. The normalized spacial score (nSPS) is 19.9. The zero-order chi connectivity index (χ0) is 16.2. The number of aliphatic imine (C=N–C) groups is 1. The quantitative estimate of drug-likeness (QED) is 0.590. The SMILES string of the molecule is CN=C(NCCN1CCC1)N1CCN(c2cnn(C)c2)C(=O)C1. The number of nitrogens with zero attached hydrogens (tertiary/aromatic N) is 6. The Labute approximate surface area is 136 Å². The van der Waals surface area contributed by atoms with Gasteiger partial charge in [0.05, 0.1) is 11.9 Å². The molecule has 0 bridgehead atoms. The second-order valence-corrected chi connectivity index (χ2v) is 6.01. The number of guanidine groups is 1. The molecule has 23 heavy (non-hydrogen) atoms. The molecule has 1 N–H and O–H groups in total. The van der Waals surface area contributed by atoms with Gasteiger partial charge in [-0.05, 0) is 19.5 Å². The zero-order valence-electron chi connectivity index (χ0n) is 13.9. The van der Waals surface area contributed by atoms with Gasteiger partial charge in [0.15, 0.2) is 5.96 Å². The number of rotatable bonds is 4. The van der Waals surface area contributed by atoms with E-state index >= 15 is 0 Å². The highest BCUT2D eigenvalue weighted by Gasteiger charge is 2.27. The van der Waals surface area contributed by atoms with Crippen LogP contribution in [0.1, 0.15) is 6.42 Å². The van der Waals surface area contributed by atoms with Gasteiger partial charge in [-0.15, -0.1) is 0 Å². The van der Waals surface area contributed by atoms with Crippen molar-refractivity contribution in [2.75, 3.05) is 57.8 Å². The average Bonchev–Trinajstić information content (AvgIpc) is 2.92. The molecule has 0 unspecified atom stereocenters. The molecule has 2 fully saturated rings. The lowest BCUT2D eigenvalue weighted by molar-refractivity contribution is -0.120. The number of aromatic nitrogens is 2. The van der Waals surface area contributed by atoms with Crippen LogP contribution in [0.2, 0.25) is 0 Å². The van der Waals surface area contributed by atoms with Crippen LogP contribution in [0.4, 0.5) is 5.69 Å². The summed E-state index contributed by atoms with van der Waals surface area (Å²) in [5.74, 6) is 0.889. The molecular formula is C15H25N7O. The van der Waals surface area contributed by atoms with Gasteiger partial charge in [0.1, 0.15) is 6.54 Å². The Bertz CT molecular complexity index is 578. The summed E-state index contributed by atoms with van der Waals surface area (Å²) in [6, 6.07) is 0. The molecule has 0 radical (unpaired) electrons. The fraction of sp³-hybridized carbons (Fsp3) is 0.667. The Hall–Kier alpha value is -2.09. The molecule has 1 aromatic rings. The summed E-state index contributed by atoms with van der Waals surface area (Å²) < 4.78 is 1.71. The second-order valence-electron chi connectivity index (χ2n) is 6.01. The highest BCUT2D eigenvalue weighted by Crippen LogP contribution is 2.16. The number of likely N-dealkylation sites (tertiary alicyclic amines) is 1. The summed E-state index contributed by atoms with van der Waals surface area (Å²) >= 11 is 0. The van der Waals surface area contributed by atoms with Crippen LogP contribution in [0, 0.1) is 0 Å². The highest BCUT2D eigenvalue weighted by atomic mass is 16.2. The summed E-state index contributed by atoms with van der Waals surface area (Å²) in [4.78, 5) is 23.0. The van der Waals surface area contributed by atoms with Gasteiger partial charge < -0.3 is 20.0 Å². The number of amides is 1. The number of piperazine rings is 1. The molecule has 3 rings (SSSR count). The van der Waals surface area contributed by atoms with Crippen molar-refractivity contribution in [3.8, 4) is 0 Å². The van der Waals surface area contributed by atoms with Crippen LogP contribution in [0.15, 0.2) is 17.4 Å². The van der Waals surface area contributed by atoms with Crippen LogP contribution in [0.5, 0.6) is 0 Å². The van der Waals surface area contributed by atoms with E-state index in [1.165, 1.54) is 19.5 Å². The Balaban J connectivity index is 1.52. The van der Waals surface area contributed by atoms with Gasteiger partial charge in [0.25, 0.3) is 0 Å². The molecule has 0 saturated carbocycles. The van der Waals surface area contributed by atoms with Crippen LogP contribution in [0.25, 0.3) is 0 Å². The van der Waals surface area contributed by atoms with Gasteiger partial charge >= 0.3 is 0 Å². The smallest absolute Gasteiger partial charge is 0.246 e. The predicted octanol–water partition coefficient (Wildman–Crippen LogP) is -0.650. The Morgan fingerprint density at radius 3 is 2.74 bits per heavy atom. The highest BCUT2D eigenvalue weighted by molar-refractivity contribution is 5.98. The number of hydrogen-bond donors (Lipinski definition) is 1. The molecule has 8 heteroatoms. The van der Waals surface area contributed by atoms with E-state index in [0.29, 0.717) is 13.1 Å². The first-order valence-electron chi connectivity index (χ1n) is 8.14. The molecule has 2 aliphatic rings. The topological polar surface area (TPSA) is 69.0 Å². The predicted molar refractivity (Wildman–Crippen MR) is 89.6 cm³/mol. The largest absolute Gasteiger partial charge is 0.355 e. The number of anilines is 1. The third-order valence-corrected chi connectivity index (χ3v) is 4.39. The molecule has 8 nitrogen and oxygen atoms in total. The summed E-state index contributed by atoms with van der Waals surface area (Å²) in [5, 5.41) is 7.50. The van der Waals surface area contributed by atoms with Crippen LogP contribution in [-0.4, -0.2) is 84.3 Å². The minimum absolute atomic E-state index is 0.0787. The fourth-order valence-electron chi connectivity index (χ4n) is 2.94. The number of carbonyl (C=O) groups is 1. The van der Waals surface area contributed by atoms with Crippen molar-refractivity contribution >= 4 is 17.6 Å². The minimum Gasteiger partial charge on any atom is -0.355 e. The lowest BCUT2D eigenvalue weighted by atomic mass is 10.2. The monoisotopic (exact) mass is 319 g/mol. The maximum atomic E-state index is 12.4. The van der Waals surface area contributed by atoms with E-state index in [2.05, 4.69) is 20.3 Å². The fourth-order valence-corrected chi connectivity index (χ4v) is 2.94. The van der Waals surface area contributed by atoms with Crippen LogP contribution in [-0.2, 0) is 11.8 Å². The van der Waals surface area contributed by atoms with E-state index in [1.54, 1.807) is 22.8 Å². The van der Waals surface area contributed by atoms with Crippen molar-refractivity contribution in [1.82, 2.24) is 24.9 Å². The van der Waals surface area contributed by atoms with E-state index in [0.717, 1.165) is 31.3 Å². The minimum atomic E-state index is 0.0787. The number of carbonyl (C=O) groups excluding carboxylic acids is 1. The number of aryl methyl sites for hydroxylation is 1. The average molecular weight is 319 g/mol. The lowest BCUT2D eigenvalue weighted by Gasteiger charge is -2.36. The van der Waals surface area contributed by atoms with Crippen LogP contribution >= 0.6 is 0 Å².